The lowest BCUT2D eigenvalue weighted by molar-refractivity contribution is 0.601. The highest BCUT2D eigenvalue weighted by Crippen LogP contribution is 2.20. The van der Waals surface area contributed by atoms with E-state index in [9.17, 15) is 0 Å². The van der Waals surface area contributed by atoms with Gasteiger partial charge in [-0.2, -0.15) is 0 Å². The van der Waals surface area contributed by atoms with Gasteiger partial charge in [0.15, 0.2) is 0 Å². The minimum Gasteiger partial charge on any atom is -0.341 e. The van der Waals surface area contributed by atoms with Gasteiger partial charge in [-0.1, -0.05) is 31.5 Å². The second kappa shape index (κ2) is 6.02. The smallest absolute Gasteiger partial charge is 0.230 e. The summed E-state index contributed by atoms with van der Waals surface area (Å²) in [6.07, 6.45) is 2.28. The Morgan fingerprint density at radius 3 is 2.68 bits per heavy atom. The normalized spacial score (nSPS) is 12.4. The van der Waals surface area contributed by atoms with Crippen molar-refractivity contribution in [2.45, 2.75) is 32.7 Å². The molecule has 0 amide bonds. The monoisotopic (exact) mass is 276 g/mol. The van der Waals surface area contributed by atoms with Crippen LogP contribution in [-0.2, 0) is 0 Å². The number of anilines is 1. The van der Waals surface area contributed by atoms with Crippen LogP contribution in [-0.4, -0.2) is 27.9 Å². The van der Waals surface area contributed by atoms with E-state index in [0.717, 1.165) is 24.5 Å². The largest absolute Gasteiger partial charge is 0.341 e. The number of benzene rings is 1. The van der Waals surface area contributed by atoms with Gasteiger partial charge in [-0.3, -0.25) is 4.57 Å². The molecule has 1 aromatic heterocycles. The second-order valence-corrected chi connectivity index (χ2v) is 5.14. The zero-order valence-electron chi connectivity index (χ0n) is 11.6. The molecule has 19 heavy (non-hydrogen) atoms. The van der Waals surface area contributed by atoms with Crippen molar-refractivity contribution in [1.29, 1.82) is 0 Å². The molecule has 0 aliphatic rings. The summed E-state index contributed by atoms with van der Waals surface area (Å²) >= 11 is 5.34. The summed E-state index contributed by atoms with van der Waals surface area (Å²) < 4.78 is 2.60. The fourth-order valence-corrected chi connectivity index (χ4v) is 2.38. The molecular formula is C14H20N4S. The molecule has 0 saturated heterocycles. The zero-order chi connectivity index (χ0) is 13.8. The number of aromatic nitrogens is 3. The number of hydrogen-bond acceptors (Lipinski definition) is 3. The SMILES string of the molecule is CCCC(C)N(C)c1n[nH]c(=S)n1-c1ccccc1. The van der Waals surface area contributed by atoms with Gasteiger partial charge in [-0.25, -0.2) is 5.10 Å². The first-order chi connectivity index (χ1) is 9.15. The highest BCUT2D eigenvalue weighted by atomic mass is 32.1. The van der Waals surface area contributed by atoms with Crippen molar-refractivity contribution in [1.82, 2.24) is 14.8 Å². The second-order valence-electron chi connectivity index (χ2n) is 4.75. The lowest BCUT2D eigenvalue weighted by atomic mass is 10.2. The summed E-state index contributed by atoms with van der Waals surface area (Å²) in [4.78, 5) is 2.17. The van der Waals surface area contributed by atoms with Crippen molar-refractivity contribution in [3.8, 4) is 5.69 Å². The molecule has 0 aliphatic heterocycles. The molecule has 102 valence electrons. The molecule has 2 rings (SSSR count). The van der Waals surface area contributed by atoms with E-state index >= 15 is 0 Å². The van der Waals surface area contributed by atoms with Crippen LogP contribution in [0.25, 0.3) is 5.69 Å². The summed E-state index contributed by atoms with van der Waals surface area (Å²) in [5.41, 5.74) is 1.03. The summed E-state index contributed by atoms with van der Waals surface area (Å²) in [5, 5.41) is 7.25. The third-order valence-electron chi connectivity index (χ3n) is 3.35. The van der Waals surface area contributed by atoms with Gasteiger partial charge in [-0.05, 0) is 37.7 Å². The fraction of sp³-hybridized carbons (Fsp3) is 0.429. The summed E-state index contributed by atoms with van der Waals surface area (Å²) in [5.74, 6) is 0.858. The van der Waals surface area contributed by atoms with Gasteiger partial charge in [0.1, 0.15) is 0 Å². The van der Waals surface area contributed by atoms with E-state index < -0.39 is 0 Å². The Kier molecular flexibility index (Phi) is 4.37. The third kappa shape index (κ3) is 2.87. The van der Waals surface area contributed by atoms with E-state index in [0.29, 0.717) is 10.8 Å². The highest BCUT2D eigenvalue weighted by Gasteiger charge is 2.16. The Labute approximate surface area is 119 Å². The molecule has 0 saturated carbocycles. The van der Waals surface area contributed by atoms with E-state index in [2.05, 4.69) is 36.0 Å². The van der Waals surface area contributed by atoms with Crippen LogP contribution in [0.3, 0.4) is 0 Å². The van der Waals surface area contributed by atoms with Crippen LogP contribution in [0.4, 0.5) is 5.95 Å². The maximum Gasteiger partial charge on any atom is 0.230 e. The number of nitrogens with zero attached hydrogens (tertiary/aromatic N) is 3. The van der Waals surface area contributed by atoms with Gasteiger partial charge in [0.2, 0.25) is 10.7 Å². The van der Waals surface area contributed by atoms with Crippen LogP contribution in [0.15, 0.2) is 30.3 Å². The van der Waals surface area contributed by atoms with Crippen LogP contribution in [0.1, 0.15) is 26.7 Å². The van der Waals surface area contributed by atoms with Crippen molar-refractivity contribution in [3.05, 3.63) is 35.1 Å². The predicted octanol–water partition coefficient (Wildman–Crippen LogP) is 3.55. The highest BCUT2D eigenvalue weighted by molar-refractivity contribution is 7.71. The Morgan fingerprint density at radius 2 is 2.05 bits per heavy atom. The first kappa shape index (κ1) is 13.8. The molecule has 1 heterocycles. The Bertz CT molecular complexity index is 573. The van der Waals surface area contributed by atoms with Crippen molar-refractivity contribution in [2.24, 2.45) is 0 Å². The molecule has 5 heteroatoms. The number of H-pyrrole nitrogens is 1. The van der Waals surface area contributed by atoms with E-state index in [1.165, 1.54) is 0 Å². The summed E-state index contributed by atoms with van der Waals surface area (Å²) in [6.45, 7) is 4.40. The molecule has 1 atom stereocenters. The molecule has 0 fully saturated rings. The van der Waals surface area contributed by atoms with Crippen LogP contribution in [0.2, 0.25) is 0 Å². The Hall–Kier alpha value is -1.62. The van der Waals surface area contributed by atoms with Crippen molar-refractivity contribution in [3.63, 3.8) is 0 Å². The number of rotatable bonds is 5. The molecule has 0 aliphatic carbocycles. The summed E-state index contributed by atoms with van der Waals surface area (Å²) in [7, 11) is 2.06. The van der Waals surface area contributed by atoms with Gasteiger partial charge in [-0.15, -0.1) is 5.10 Å². The van der Waals surface area contributed by atoms with Crippen molar-refractivity contribution >= 4 is 18.2 Å². The topological polar surface area (TPSA) is 36.9 Å². The summed E-state index contributed by atoms with van der Waals surface area (Å²) in [6, 6.07) is 10.5. The zero-order valence-corrected chi connectivity index (χ0v) is 12.4. The minimum atomic E-state index is 0.428. The first-order valence-corrected chi connectivity index (χ1v) is 7.01. The van der Waals surface area contributed by atoms with Crippen LogP contribution < -0.4 is 4.90 Å². The lowest BCUT2D eigenvalue weighted by Crippen LogP contribution is -2.31. The molecule has 1 N–H and O–H groups in total. The number of aromatic amines is 1. The molecule has 1 aromatic carbocycles. The maximum atomic E-state index is 5.34. The first-order valence-electron chi connectivity index (χ1n) is 6.60. The third-order valence-corrected chi connectivity index (χ3v) is 3.63. The number of nitrogens with one attached hydrogen (secondary N) is 1. The van der Waals surface area contributed by atoms with Gasteiger partial charge in [0.05, 0.1) is 5.69 Å². The average Bonchev–Trinajstić information content (AvgIpc) is 2.81. The molecular weight excluding hydrogens is 256 g/mol. The van der Waals surface area contributed by atoms with E-state index in [1.54, 1.807) is 0 Å². The standard InChI is InChI=1S/C14H20N4S/c1-4-8-11(2)17(3)13-15-16-14(19)18(13)12-9-6-5-7-10-12/h5-7,9-11H,4,8H2,1-3H3,(H,16,19). The van der Waals surface area contributed by atoms with Gasteiger partial charge >= 0.3 is 0 Å². The number of para-hydroxylation sites is 1. The molecule has 2 aromatic rings. The van der Waals surface area contributed by atoms with E-state index in [4.69, 9.17) is 12.2 Å². The average molecular weight is 276 g/mol. The fourth-order valence-electron chi connectivity index (χ4n) is 2.14. The van der Waals surface area contributed by atoms with Crippen LogP contribution >= 0.6 is 12.2 Å². The Morgan fingerprint density at radius 1 is 1.37 bits per heavy atom. The van der Waals surface area contributed by atoms with Gasteiger partial charge in [0.25, 0.3) is 0 Å². The molecule has 0 bridgehead atoms. The van der Waals surface area contributed by atoms with Gasteiger partial charge in [0, 0.05) is 13.1 Å². The van der Waals surface area contributed by atoms with Crippen molar-refractivity contribution in [2.75, 3.05) is 11.9 Å². The van der Waals surface area contributed by atoms with Crippen LogP contribution in [0, 0.1) is 4.77 Å². The van der Waals surface area contributed by atoms with E-state index in [1.807, 2.05) is 34.9 Å². The number of hydrogen-bond donors (Lipinski definition) is 1. The maximum absolute atomic E-state index is 5.34. The van der Waals surface area contributed by atoms with E-state index in [-0.39, 0.29) is 0 Å². The molecule has 1 unspecified atom stereocenters. The van der Waals surface area contributed by atoms with Crippen LogP contribution in [0.5, 0.6) is 0 Å². The predicted molar refractivity (Wildman–Crippen MR) is 81.5 cm³/mol. The molecule has 0 spiro atoms. The van der Waals surface area contributed by atoms with Gasteiger partial charge < -0.3 is 4.90 Å². The van der Waals surface area contributed by atoms with Crippen molar-refractivity contribution < 1.29 is 0 Å². The Balaban J connectivity index is 2.41. The minimum absolute atomic E-state index is 0.428. The molecule has 0 radical (unpaired) electrons. The molecule has 4 nitrogen and oxygen atoms in total. The quantitative estimate of drug-likeness (QED) is 0.848. The lowest BCUT2D eigenvalue weighted by Gasteiger charge is -2.25.